The van der Waals surface area contributed by atoms with Gasteiger partial charge in [0, 0.05) is 47.6 Å². The summed E-state index contributed by atoms with van der Waals surface area (Å²) in [6.45, 7) is 3.13. The Kier molecular flexibility index (Phi) is 6.21. The van der Waals surface area contributed by atoms with E-state index >= 15 is 0 Å². The van der Waals surface area contributed by atoms with Crippen molar-refractivity contribution in [1.29, 1.82) is 0 Å². The molecule has 0 spiro atoms. The number of piperidine rings is 1. The minimum Gasteiger partial charge on any atom is -0.478 e. The summed E-state index contributed by atoms with van der Waals surface area (Å²) in [5, 5.41) is 17.1. The fourth-order valence-corrected chi connectivity index (χ4v) is 5.53. The standard InChI is InChI=1S/C31H30N4O3/c1-34-15-12-21-17-22(9-11-27(21)34)29(28-25-18-23(31(37)38)8-10-26(25)33-30(28)36)32-24-7-5-6-20(16-24)19-35-13-3-2-4-14-35/h5-12,15-18,32H,2-4,13-14,19H2,1H3,(H,33,36)(H,37,38). The maximum atomic E-state index is 13.3. The minimum atomic E-state index is -1.03. The van der Waals surface area contributed by atoms with Gasteiger partial charge in [-0.05, 0) is 85.6 Å². The molecule has 4 aromatic rings. The highest BCUT2D eigenvalue weighted by Gasteiger charge is 2.29. The number of hydrogen-bond acceptors (Lipinski definition) is 4. The largest absolute Gasteiger partial charge is 0.478 e. The van der Waals surface area contributed by atoms with E-state index in [-0.39, 0.29) is 11.5 Å². The van der Waals surface area contributed by atoms with Gasteiger partial charge >= 0.3 is 5.97 Å². The van der Waals surface area contributed by atoms with Crippen molar-refractivity contribution in [3.63, 3.8) is 0 Å². The smallest absolute Gasteiger partial charge is 0.335 e. The first-order chi connectivity index (χ1) is 18.5. The molecule has 0 saturated carbocycles. The lowest BCUT2D eigenvalue weighted by Gasteiger charge is -2.26. The number of carboxylic acid groups (broad SMARTS) is 1. The normalized spacial score (nSPS) is 16.8. The van der Waals surface area contributed by atoms with E-state index in [1.807, 2.05) is 43.6 Å². The molecular weight excluding hydrogens is 476 g/mol. The summed E-state index contributed by atoms with van der Waals surface area (Å²) < 4.78 is 2.06. The summed E-state index contributed by atoms with van der Waals surface area (Å²) in [5.74, 6) is -1.29. The molecule has 3 heterocycles. The van der Waals surface area contributed by atoms with Crippen LogP contribution in [-0.2, 0) is 18.4 Å². The molecule has 0 bridgehead atoms. The highest BCUT2D eigenvalue weighted by atomic mass is 16.4. The van der Waals surface area contributed by atoms with Crippen LogP contribution in [0.1, 0.15) is 46.3 Å². The van der Waals surface area contributed by atoms with Gasteiger partial charge in [0.15, 0.2) is 0 Å². The van der Waals surface area contributed by atoms with Crippen molar-refractivity contribution in [3.05, 3.63) is 95.2 Å². The Labute approximate surface area is 221 Å². The number of amides is 1. The van der Waals surface area contributed by atoms with E-state index in [0.29, 0.717) is 22.5 Å². The zero-order chi connectivity index (χ0) is 26.2. The maximum absolute atomic E-state index is 13.3. The lowest BCUT2D eigenvalue weighted by atomic mass is 9.97. The van der Waals surface area contributed by atoms with E-state index in [1.165, 1.54) is 30.9 Å². The molecule has 7 nitrogen and oxygen atoms in total. The number of benzene rings is 3. The van der Waals surface area contributed by atoms with Gasteiger partial charge in [0.05, 0.1) is 16.8 Å². The molecule has 6 rings (SSSR count). The van der Waals surface area contributed by atoms with Gasteiger partial charge in [0.2, 0.25) is 0 Å². The molecule has 3 N–H and O–H groups in total. The van der Waals surface area contributed by atoms with Crippen LogP contribution >= 0.6 is 0 Å². The van der Waals surface area contributed by atoms with Crippen LogP contribution in [0.3, 0.4) is 0 Å². The summed E-state index contributed by atoms with van der Waals surface area (Å²) in [6.07, 6.45) is 5.79. The number of aromatic nitrogens is 1. The predicted octanol–water partition coefficient (Wildman–Crippen LogP) is 5.79. The van der Waals surface area contributed by atoms with E-state index in [2.05, 4.69) is 38.3 Å². The van der Waals surface area contributed by atoms with Gasteiger partial charge in [-0.15, -0.1) is 0 Å². The van der Waals surface area contributed by atoms with Gasteiger partial charge in [0.25, 0.3) is 5.91 Å². The van der Waals surface area contributed by atoms with E-state index in [9.17, 15) is 14.7 Å². The number of carboxylic acids is 1. The third-order valence-electron chi connectivity index (χ3n) is 7.49. The van der Waals surface area contributed by atoms with Gasteiger partial charge in [0.1, 0.15) is 0 Å². The Morgan fingerprint density at radius 3 is 2.61 bits per heavy atom. The molecule has 38 heavy (non-hydrogen) atoms. The van der Waals surface area contributed by atoms with Gasteiger partial charge in [-0.3, -0.25) is 9.69 Å². The monoisotopic (exact) mass is 506 g/mol. The molecule has 0 aliphatic carbocycles. The number of carbonyl (C=O) groups excluding carboxylic acids is 1. The van der Waals surface area contributed by atoms with Crippen LogP contribution in [0.15, 0.2) is 72.9 Å². The van der Waals surface area contributed by atoms with Crippen LogP contribution in [-0.4, -0.2) is 39.5 Å². The summed E-state index contributed by atoms with van der Waals surface area (Å²) in [6, 6.07) is 21.2. The number of rotatable bonds is 6. The minimum absolute atomic E-state index is 0.138. The van der Waals surface area contributed by atoms with Crippen LogP contribution in [0.2, 0.25) is 0 Å². The third-order valence-corrected chi connectivity index (χ3v) is 7.49. The van der Waals surface area contributed by atoms with Crippen molar-refractivity contribution < 1.29 is 14.7 Å². The first-order valence-corrected chi connectivity index (χ1v) is 13.0. The third kappa shape index (κ3) is 4.57. The Balaban J connectivity index is 1.46. The highest BCUT2D eigenvalue weighted by Crippen LogP contribution is 2.39. The number of anilines is 2. The molecule has 2 aliphatic rings. The number of nitrogens with one attached hydrogen (secondary N) is 2. The molecular formula is C31H30N4O3. The molecule has 7 heteroatoms. The molecule has 3 aromatic carbocycles. The second kappa shape index (κ2) is 9.84. The van der Waals surface area contributed by atoms with Gasteiger partial charge in [-0.1, -0.05) is 24.6 Å². The summed E-state index contributed by atoms with van der Waals surface area (Å²) in [4.78, 5) is 27.6. The number of likely N-dealkylation sites (tertiary alicyclic amines) is 1. The molecule has 0 unspecified atom stereocenters. The predicted molar refractivity (Wildman–Crippen MR) is 151 cm³/mol. The van der Waals surface area contributed by atoms with E-state index in [1.54, 1.807) is 12.1 Å². The second-order valence-electron chi connectivity index (χ2n) is 10.1. The lowest BCUT2D eigenvalue weighted by Crippen LogP contribution is -2.29. The first kappa shape index (κ1) is 24.0. The van der Waals surface area contributed by atoms with E-state index < -0.39 is 5.97 Å². The number of aryl methyl sites for hydroxylation is 1. The van der Waals surface area contributed by atoms with Crippen molar-refractivity contribution in [2.45, 2.75) is 25.8 Å². The molecule has 1 aromatic heterocycles. The number of fused-ring (bicyclic) bond motifs is 2. The van der Waals surface area contributed by atoms with E-state index in [0.717, 1.165) is 41.8 Å². The fraction of sp³-hybridized carbons (Fsp3) is 0.226. The van der Waals surface area contributed by atoms with Crippen LogP contribution in [0.4, 0.5) is 11.4 Å². The Hall–Kier alpha value is -4.36. The Bertz CT molecular complexity index is 1590. The topological polar surface area (TPSA) is 86.6 Å². The molecule has 192 valence electrons. The molecule has 0 atom stereocenters. The number of carbonyl (C=O) groups is 2. The zero-order valence-electron chi connectivity index (χ0n) is 21.3. The van der Waals surface area contributed by atoms with Crippen LogP contribution in [0, 0.1) is 0 Å². The van der Waals surface area contributed by atoms with Gasteiger partial charge < -0.3 is 20.3 Å². The van der Waals surface area contributed by atoms with Crippen LogP contribution in [0.25, 0.3) is 22.2 Å². The molecule has 0 radical (unpaired) electrons. The number of aromatic carboxylic acids is 1. The van der Waals surface area contributed by atoms with Crippen molar-refractivity contribution in [3.8, 4) is 0 Å². The van der Waals surface area contributed by atoms with Crippen molar-refractivity contribution in [2.75, 3.05) is 23.7 Å². The maximum Gasteiger partial charge on any atom is 0.335 e. The fourth-order valence-electron chi connectivity index (χ4n) is 5.53. The average Bonchev–Trinajstić information content (AvgIpc) is 3.46. The SMILES string of the molecule is Cn1ccc2cc(C(Nc3cccc(CN4CCCCC4)c3)=C3C(=O)Nc4ccc(C(=O)O)cc43)ccc21. The average molecular weight is 507 g/mol. The summed E-state index contributed by atoms with van der Waals surface area (Å²) in [7, 11) is 2.00. The van der Waals surface area contributed by atoms with Gasteiger partial charge in [-0.2, -0.15) is 0 Å². The van der Waals surface area contributed by atoms with Crippen molar-refractivity contribution >= 4 is 45.4 Å². The Morgan fingerprint density at radius 2 is 1.79 bits per heavy atom. The van der Waals surface area contributed by atoms with Crippen molar-refractivity contribution in [1.82, 2.24) is 9.47 Å². The van der Waals surface area contributed by atoms with Crippen molar-refractivity contribution in [2.24, 2.45) is 7.05 Å². The summed E-state index contributed by atoms with van der Waals surface area (Å²) in [5.41, 5.74) is 6.43. The Morgan fingerprint density at radius 1 is 0.974 bits per heavy atom. The summed E-state index contributed by atoms with van der Waals surface area (Å²) >= 11 is 0. The van der Waals surface area contributed by atoms with Crippen LogP contribution < -0.4 is 10.6 Å². The number of hydrogen-bond donors (Lipinski definition) is 3. The highest BCUT2D eigenvalue weighted by molar-refractivity contribution is 6.37. The number of nitrogens with zero attached hydrogens (tertiary/aromatic N) is 2. The lowest BCUT2D eigenvalue weighted by molar-refractivity contribution is -0.110. The molecule has 1 saturated heterocycles. The molecule has 1 amide bonds. The molecule has 2 aliphatic heterocycles. The van der Waals surface area contributed by atoms with Crippen LogP contribution in [0.5, 0.6) is 0 Å². The zero-order valence-corrected chi connectivity index (χ0v) is 21.3. The molecule has 1 fully saturated rings. The van der Waals surface area contributed by atoms with Gasteiger partial charge in [-0.25, -0.2) is 4.79 Å². The van der Waals surface area contributed by atoms with E-state index in [4.69, 9.17) is 0 Å². The second-order valence-corrected chi connectivity index (χ2v) is 10.1. The quantitative estimate of drug-likeness (QED) is 0.288. The first-order valence-electron chi connectivity index (χ1n) is 13.0.